The van der Waals surface area contributed by atoms with Gasteiger partial charge in [0.05, 0.1) is 11.4 Å². The topological polar surface area (TPSA) is 24.4 Å². The van der Waals surface area contributed by atoms with Gasteiger partial charge in [-0.25, -0.2) is 0 Å². The van der Waals surface area contributed by atoms with E-state index in [4.69, 9.17) is 0 Å². The lowest BCUT2D eigenvalue weighted by Gasteiger charge is -2.22. The number of allylic oxidation sites excluding steroid dienone is 4. The number of hydrogen-bond donors (Lipinski definition) is 1. The van der Waals surface area contributed by atoms with Crippen molar-refractivity contribution in [3.05, 3.63) is 34.7 Å². The summed E-state index contributed by atoms with van der Waals surface area (Å²) in [5, 5.41) is 3.56. The maximum atomic E-state index is 4.69. The zero-order valence-corrected chi connectivity index (χ0v) is 10.9. The summed E-state index contributed by atoms with van der Waals surface area (Å²) in [4.78, 5) is 4.69. The maximum absolute atomic E-state index is 4.69. The molecule has 17 heavy (non-hydrogen) atoms. The van der Waals surface area contributed by atoms with E-state index in [0.29, 0.717) is 11.8 Å². The first-order valence-corrected chi connectivity index (χ1v) is 6.59. The van der Waals surface area contributed by atoms with Gasteiger partial charge in [0.15, 0.2) is 0 Å². The predicted octanol–water partition coefficient (Wildman–Crippen LogP) is 3.19. The molecule has 3 rings (SSSR count). The van der Waals surface area contributed by atoms with Gasteiger partial charge in [-0.2, -0.15) is 0 Å². The van der Waals surface area contributed by atoms with Crippen LogP contribution in [0, 0.1) is 11.8 Å². The fraction of sp³-hybridized carbons (Fsp3) is 0.533. The van der Waals surface area contributed by atoms with Crippen molar-refractivity contribution in [1.29, 1.82) is 0 Å². The third-order valence-electron chi connectivity index (χ3n) is 4.13. The lowest BCUT2D eigenvalue weighted by atomic mass is 9.83. The van der Waals surface area contributed by atoms with Crippen LogP contribution in [0.15, 0.2) is 39.7 Å². The lowest BCUT2D eigenvalue weighted by Crippen LogP contribution is -2.26. The molecule has 1 N–H and O–H groups in total. The summed E-state index contributed by atoms with van der Waals surface area (Å²) in [7, 11) is 0. The van der Waals surface area contributed by atoms with E-state index in [1.807, 2.05) is 6.20 Å². The van der Waals surface area contributed by atoms with Gasteiger partial charge < -0.3 is 5.32 Å². The second kappa shape index (κ2) is 3.86. The normalized spacial score (nSPS) is 31.1. The fourth-order valence-electron chi connectivity index (χ4n) is 3.33. The van der Waals surface area contributed by atoms with Crippen molar-refractivity contribution in [1.82, 2.24) is 5.32 Å². The molecule has 0 saturated carbocycles. The Bertz CT molecular complexity index is 477. The van der Waals surface area contributed by atoms with E-state index in [0.717, 1.165) is 6.54 Å². The van der Waals surface area contributed by atoms with E-state index in [1.165, 1.54) is 41.0 Å². The van der Waals surface area contributed by atoms with Crippen LogP contribution in [0.1, 0.15) is 33.6 Å². The van der Waals surface area contributed by atoms with Gasteiger partial charge in [0, 0.05) is 18.7 Å². The first-order valence-electron chi connectivity index (χ1n) is 6.59. The van der Waals surface area contributed by atoms with Crippen molar-refractivity contribution in [2.45, 2.75) is 33.6 Å². The molecular formula is C15H20N2. The number of dihydropyridines is 1. The average Bonchev–Trinajstić information content (AvgIpc) is 2.60. The van der Waals surface area contributed by atoms with Crippen LogP contribution < -0.4 is 5.32 Å². The number of rotatable bonds is 1. The monoisotopic (exact) mass is 228 g/mol. The van der Waals surface area contributed by atoms with Crippen LogP contribution >= 0.6 is 0 Å². The van der Waals surface area contributed by atoms with Crippen molar-refractivity contribution >= 4 is 5.71 Å². The summed E-state index contributed by atoms with van der Waals surface area (Å²) in [6.07, 6.45) is 6.82. The molecule has 0 aromatic carbocycles. The third kappa shape index (κ3) is 1.58. The molecule has 90 valence electrons. The fourth-order valence-corrected chi connectivity index (χ4v) is 3.33. The Labute approximate surface area is 103 Å². The summed E-state index contributed by atoms with van der Waals surface area (Å²) in [5.74, 6) is 1.28. The molecule has 0 spiro atoms. The van der Waals surface area contributed by atoms with Crippen LogP contribution in [0.5, 0.6) is 0 Å². The summed E-state index contributed by atoms with van der Waals surface area (Å²) >= 11 is 0. The number of nitrogens with one attached hydrogen (secondary N) is 1. The molecule has 0 saturated heterocycles. The van der Waals surface area contributed by atoms with E-state index >= 15 is 0 Å². The van der Waals surface area contributed by atoms with E-state index in [-0.39, 0.29) is 0 Å². The highest BCUT2D eigenvalue weighted by molar-refractivity contribution is 6.06. The quantitative estimate of drug-likeness (QED) is 0.732. The molecule has 1 unspecified atom stereocenters. The summed E-state index contributed by atoms with van der Waals surface area (Å²) in [6, 6.07) is 0. The van der Waals surface area contributed by atoms with Crippen molar-refractivity contribution < 1.29 is 0 Å². The van der Waals surface area contributed by atoms with E-state index in [1.54, 1.807) is 0 Å². The van der Waals surface area contributed by atoms with E-state index < -0.39 is 0 Å². The van der Waals surface area contributed by atoms with Crippen molar-refractivity contribution in [2.24, 2.45) is 16.8 Å². The number of aliphatic imine (C=N–C) groups is 1. The molecule has 0 aromatic rings. The number of fused-ring (bicyclic) bond motifs is 2. The molecule has 2 aliphatic heterocycles. The molecular weight excluding hydrogens is 208 g/mol. The van der Waals surface area contributed by atoms with Crippen LogP contribution in [0.3, 0.4) is 0 Å². The van der Waals surface area contributed by atoms with E-state index in [2.05, 4.69) is 37.2 Å². The SMILES string of the molecule is CC[C@@H]1C2=C(NCC(C)=C2)C2=NC=C(C)CC21. The Balaban J connectivity index is 2.08. The summed E-state index contributed by atoms with van der Waals surface area (Å²) in [6.45, 7) is 7.67. The molecule has 2 atom stereocenters. The highest BCUT2D eigenvalue weighted by Crippen LogP contribution is 2.43. The standard InChI is InChI=1S/C15H20N2/c1-4-11-12-5-9(2)7-16-14(12)15-13(11)6-10(3)8-17-15/h5,8,11,13,16H,4,6-7H2,1-3H3/t11-,13?/m1/s1. The molecule has 2 heteroatoms. The highest BCUT2D eigenvalue weighted by atomic mass is 14.9. The molecule has 0 aromatic heterocycles. The molecule has 0 amide bonds. The molecule has 1 aliphatic carbocycles. The molecule has 0 fully saturated rings. The highest BCUT2D eigenvalue weighted by Gasteiger charge is 2.40. The Morgan fingerprint density at radius 1 is 1.35 bits per heavy atom. The molecule has 2 heterocycles. The van der Waals surface area contributed by atoms with Crippen LogP contribution in [-0.2, 0) is 0 Å². The van der Waals surface area contributed by atoms with Gasteiger partial charge in [0.2, 0.25) is 0 Å². The van der Waals surface area contributed by atoms with Crippen molar-refractivity contribution in [3.8, 4) is 0 Å². The molecule has 3 aliphatic rings. The summed E-state index contributed by atoms with van der Waals surface area (Å²) < 4.78 is 0. The van der Waals surface area contributed by atoms with Gasteiger partial charge in [0.25, 0.3) is 0 Å². The van der Waals surface area contributed by atoms with Gasteiger partial charge in [-0.05, 0) is 38.2 Å². The van der Waals surface area contributed by atoms with E-state index in [9.17, 15) is 0 Å². The van der Waals surface area contributed by atoms with Crippen LogP contribution in [0.25, 0.3) is 0 Å². The molecule has 0 bridgehead atoms. The maximum Gasteiger partial charge on any atom is 0.0677 e. The van der Waals surface area contributed by atoms with Gasteiger partial charge >= 0.3 is 0 Å². The third-order valence-corrected chi connectivity index (χ3v) is 4.13. The first-order chi connectivity index (χ1) is 8.20. The minimum absolute atomic E-state index is 0.615. The second-order valence-corrected chi connectivity index (χ2v) is 5.49. The van der Waals surface area contributed by atoms with Crippen LogP contribution in [0.4, 0.5) is 0 Å². The minimum Gasteiger partial charge on any atom is -0.380 e. The Kier molecular flexibility index (Phi) is 2.46. The lowest BCUT2D eigenvalue weighted by molar-refractivity contribution is 0.479. The molecule has 2 nitrogen and oxygen atoms in total. The zero-order chi connectivity index (χ0) is 12.0. The number of nitrogens with zero attached hydrogens (tertiary/aromatic N) is 1. The second-order valence-electron chi connectivity index (χ2n) is 5.49. The number of hydrogen-bond acceptors (Lipinski definition) is 2. The molecule has 0 radical (unpaired) electrons. The van der Waals surface area contributed by atoms with Gasteiger partial charge in [-0.1, -0.05) is 24.1 Å². The predicted molar refractivity (Wildman–Crippen MR) is 71.9 cm³/mol. The van der Waals surface area contributed by atoms with Crippen LogP contribution in [-0.4, -0.2) is 12.3 Å². The Hall–Kier alpha value is -1.31. The zero-order valence-electron chi connectivity index (χ0n) is 10.9. The van der Waals surface area contributed by atoms with Crippen molar-refractivity contribution in [3.63, 3.8) is 0 Å². The minimum atomic E-state index is 0.615. The smallest absolute Gasteiger partial charge is 0.0677 e. The Morgan fingerprint density at radius 3 is 2.94 bits per heavy atom. The first kappa shape index (κ1) is 10.8. The van der Waals surface area contributed by atoms with Gasteiger partial charge in [-0.3, -0.25) is 4.99 Å². The largest absolute Gasteiger partial charge is 0.380 e. The summed E-state index contributed by atoms with van der Waals surface area (Å²) in [5.41, 5.74) is 6.99. The Morgan fingerprint density at radius 2 is 2.18 bits per heavy atom. The van der Waals surface area contributed by atoms with Crippen molar-refractivity contribution in [2.75, 3.05) is 6.54 Å². The average molecular weight is 228 g/mol. The van der Waals surface area contributed by atoms with Gasteiger partial charge in [-0.15, -0.1) is 0 Å². The van der Waals surface area contributed by atoms with Crippen LogP contribution in [0.2, 0.25) is 0 Å². The van der Waals surface area contributed by atoms with Gasteiger partial charge in [0.1, 0.15) is 0 Å².